The Morgan fingerprint density at radius 3 is 2.50 bits per heavy atom. The second-order valence-corrected chi connectivity index (χ2v) is 9.28. The lowest BCUT2D eigenvalue weighted by atomic mass is 10.1. The van der Waals surface area contributed by atoms with Gasteiger partial charge in [0.15, 0.2) is 0 Å². The van der Waals surface area contributed by atoms with E-state index in [1.807, 2.05) is 54.6 Å². The number of nitrogens with zero attached hydrogens (tertiary/aromatic N) is 1. The quantitative estimate of drug-likeness (QED) is 0.476. The molecule has 156 valence electrons. The van der Waals surface area contributed by atoms with Gasteiger partial charge in [-0.1, -0.05) is 24.3 Å². The van der Waals surface area contributed by atoms with E-state index in [1.54, 1.807) is 7.11 Å². The SMILES string of the molecule is COCCN(Cc1ccc2[nH]c(-c3cc4ccccc4[nH]c3=O)cc2c1)S(C)(=O)=O. The van der Waals surface area contributed by atoms with Crippen LogP contribution in [0.5, 0.6) is 0 Å². The zero-order valence-corrected chi connectivity index (χ0v) is 17.6. The molecular weight excluding hydrogens is 402 g/mol. The Labute approximate surface area is 174 Å². The Morgan fingerprint density at radius 2 is 1.73 bits per heavy atom. The van der Waals surface area contributed by atoms with Crippen LogP contribution in [0.2, 0.25) is 0 Å². The second-order valence-electron chi connectivity index (χ2n) is 7.29. The fourth-order valence-corrected chi connectivity index (χ4v) is 4.32. The summed E-state index contributed by atoms with van der Waals surface area (Å²) in [5, 5.41) is 1.86. The van der Waals surface area contributed by atoms with Gasteiger partial charge in [0.05, 0.1) is 24.1 Å². The Balaban J connectivity index is 1.69. The number of aromatic nitrogens is 2. The number of pyridine rings is 1. The summed E-state index contributed by atoms with van der Waals surface area (Å²) in [5.74, 6) is 0. The molecule has 0 spiro atoms. The molecule has 2 heterocycles. The molecule has 2 aromatic carbocycles. The zero-order chi connectivity index (χ0) is 21.3. The maximum Gasteiger partial charge on any atom is 0.257 e. The number of sulfonamides is 1. The maximum atomic E-state index is 12.6. The van der Waals surface area contributed by atoms with Crippen molar-refractivity contribution in [1.29, 1.82) is 0 Å². The predicted octanol–water partition coefficient (Wildman–Crippen LogP) is 3.08. The topological polar surface area (TPSA) is 95.3 Å². The average Bonchev–Trinajstić information content (AvgIpc) is 3.12. The number of benzene rings is 2. The van der Waals surface area contributed by atoms with Gasteiger partial charge in [-0.25, -0.2) is 8.42 Å². The first-order chi connectivity index (χ1) is 14.3. The summed E-state index contributed by atoms with van der Waals surface area (Å²) in [6, 6.07) is 17.2. The van der Waals surface area contributed by atoms with Gasteiger partial charge in [-0.3, -0.25) is 4.79 Å². The lowest BCUT2D eigenvalue weighted by molar-refractivity contribution is 0.177. The molecule has 2 N–H and O–H groups in total. The number of para-hydroxylation sites is 1. The summed E-state index contributed by atoms with van der Waals surface area (Å²) in [6.45, 7) is 0.877. The molecule has 0 aliphatic rings. The molecule has 0 atom stereocenters. The predicted molar refractivity (Wildman–Crippen MR) is 119 cm³/mol. The average molecular weight is 426 g/mol. The molecule has 7 nitrogen and oxygen atoms in total. The molecule has 0 bridgehead atoms. The highest BCUT2D eigenvalue weighted by Gasteiger charge is 2.17. The zero-order valence-electron chi connectivity index (χ0n) is 16.8. The van der Waals surface area contributed by atoms with E-state index >= 15 is 0 Å². The number of hydrogen-bond donors (Lipinski definition) is 2. The maximum absolute atomic E-state index is 12.6. The first kappa shape index (κ1) is 20.3. The number of fused-ring (bicyclic) bond motifs is 2. The molecule has 2 aromatic heterocycles. The minimum atomic E-state index is -3.35. The van der Waals surface area contributed by atoms with Crippen LogP contribution in [0.1, 0.15) is 5.56 Å². The van der Waals surface area contributed by atoms with Gasteiger partial charge < -0.3 is 14.7 Å². The molecule has 0 saturated carbocycles. The largest absolute Gasteiger partial charge is 0.383 e. The van der Waals surface area contributed by atoms with E-state index in [9.17, 15) is 13.2 Å². The van der Waals surface area contributed by atoms with Crippen molar-refractivity contribution in [2.45, 2.75) is 6.54 Å². The van der Waals surface area contributed by atoms with Gasteiger partial charge in [0, 0.05) is 36.6 Å². The first-order valence-corrected chi connectivity index (χ1v) is 11.4. The highest BCUT2D eigenvalue weighted by molar-refractivity contribution is 7.88. The lowest BCUT2D eigenvalue weighted by Crippen LogP contribution is -2.32. The minimum absolute atomic E-state index is 0.164. The van der Waals surface area contributed by atoms with Crippen LogP contribution in [-0.4, -0.2) is 49.2 Å². The van der Waals surface area contributed by atoms with E-state index in [-0.39, 0.29) is 18.6 Å². The van der Waals surface area contributed by atoms with Crippen molar-refractivity contribution >= 4 is 31.8 Å². The van der Waals surface area contributed by atoms with E-state index in [1.165, 1.54) is 10.6 Å². The Morgan fingerprint density at radius 1 is 0.967 bits per heavy atom. The highest BCUT2D eigenvalue weighted by Crippen LogP contribution is 2.25. The van der Waals surface area contributed by atoms with Crippen molar-refractivity contribution in [2.75, 3.05) is 26.5 Å². The molecule has 0 amide bonds. The van der Waals surface area contributed by atoms with E-state index in [2.05, 4.69) is 9.97 Å². The second kappa shape index (κ2) is 8.06. The van der Waals surface area contributed by atoms with Gasteiger partial charge in [-0.2, -0.15) is 4.31 Å². The number of ether oxygens (including phenoxy) is 1. The number of rotatable bonds is 7. The first-order valence-electron chi connectivity index (χ1n) is 9.53. The molecule has 0 aliphatic heterocycles. The number of hydrogen-bond acceptors (Lipinski definition) is 4. The van der Waals surface area contributed by atoms with Crippen LogP contribution < -0.4 is 5.56 Å². The van der Waals surface area contributed by atoms with E-state index in [0.29, 0.717) is 17.9 Å². The fourth-order valence-electron chi connectivity index (χ4n) is 3.53. The van der Waals surface area contributed by atoms with Crippen LogP contribution in [0, 0.1) is 0 Å². The van der Waals surface area contributed by atoms with Crippen molar-refractivity contribution < 1.29 is 13.2 Å². The van der Waals surface area contributed by atoms with E-state index in [0.717, 1.165) is 27.4 Å². The van der Waals surface area contributed by atoms with Crippen molar-refractivity contribution in [1.82, 2.24) is 14.3 Å². The van der Waals surface area contributed by atoms with Crippen LogP contribution in [0.4, 0.5) is 0 Å². The van der Waals surface area contributed by atoms with E-state index in [4.69, 9.17) is 4.74 Å². The Kier molecular flexibility index (Phi) is 5.46. The molecular formula is C22H23N3O4S. The van der Waals surface area contributed by atoms with Crippen molar-refractivity contribution in [3.05, 3.63) is 70.5 Å². The Hall–Kier alpha value is -2.94. The molecule has 0 unspecified atom stereocenters. The van der Waals surface area contributed by atoms with Gasteiger partial charge >= 0.3 is 0 Å². The van der Waals surface area contributed by atoms with Gasteiger partial charge in [-0.15, -0.1) is 0 Å². The standard InChI is InChI=1S/C22H23N3O4S/c1-29-10-9-25(30(2,27)28)14-15-7-8-20-17(11-15)13-21(23-20)18-12-16-5-3-4-6-19(16)24-22(18)26/h3-8,11-13,23H,9-10,14H2,1-2H3,(H,24,26). The number of nitrogens with one attached hydrogen (secondary N) is 2. The molecule has 0 aliphatic carbocycles. The monoisotopic (exact) mass is 425 g/mol. The lowest BCUT2D eigenvalue weighted by Gasteiger charge is -2.19. The van der Waals surface area contributed by atoms with E-state index < -0.39 is 10.0 Å². The summed E-state index contributed by atoms with van der Waals surface area (Å²) in [7, 11) is -1.81. The summed E-state index contributed by atoms with van der Waals surface area (Å²) in [5.41, 5.74) is 3.65. The molecule has 0 fully saturated rings. The minimum Gasteiger partial charge on any atom is -0.383 e. The van der Waals surface area contributed by atoms with Crippen LogP contribution in [-0.2, 0) is 21.3 Å². The van der Waals surface area contributed by atoms with Crippen molar-refractivity contribution in [3.8, 4) is 11.3 Å². The van der Waals surface area contributed by atoms with Gasteiger partial charge in [0.2, 0.25) is 10.0 Å². The van der Waals surface area contributed by atoms with Gasteiger partial charge in [-0.05, 0) is 41.3 Å². The summed E-state index contributed by atoms with van der Waals surface area (Å²) in [4.78, 5) is 18.8. The molecule has 4 aromatic rings. The molecule has 0 saturated heterocycles. The molecule has 30 heavy (non-hydrogen) atoms. The fraction of sp³-hybridized carbons (Fsp3) is 0.227. The summed E-state index contributed by atoms with van der Waals surface area (Å²) in [6.07, 6.45) is 1.20. The van der Waals surface area contributed by atoms with Crippen molar-refractivity contribution in [3.63, 3.8) is 0 Å². The third kappa shape index (κ3) is 4.16. The highest BCUT2D eigenvalue weighted by atomic mass is 32.2. The number of H-pyrrole nitrogens is 2. The normalized spacial score (nSPS) is 12.2. The molecule has 8 heteroatoms. The van der Waals surface area contributed by atoms with Crippen LogP contribution in [0.25, 0.3) is 33.1 Å². The van der Waals surface area contributed by atoms with Crippen LogP contribution in [0.15, 0.2) is 59.4 Å². The smallest absolute Gasteiger partial charge is 0.257 e. The van der Waals surface area contributed by atoms with Gasteiger partial charge in [0.1, 0.15) is 0 Å². The van der Waals surface area contributed by atoms with Crippen LogP contribution >= 0.6 is 0 Å². The summed E-state index contributed by atoms with van der Waals surface area (Å²) < 4.78 is 30.5. The summed E-state index contributed by atoms with van der Waals surface area (Å²) >= 11 is 0. The van der Waals surface area contributed by atoms with Crippen molar-refractivity contribution in [2.24, 2.45) is 0 Å². The third-order valence-electron chi connectivity index (χ3n) is 5.10. The molecule has 0 radical (unpaired) electrons. The van der Waals surface area contributed by atoms with Gasteiger partial charge in [0.25, 0.3) is 5.56 Å². The number of methoxy groups -OCH3 is 1. The molecule has 4 rings (SSSR count). The third-order valence-corrected chi connectivity index (χ3v) is 6.35. The number of aromatic amines is 2. The van der Waals surface area contributed by atoms with Crippen LogP contribution in [0.3, 0.4) is 0 Å². The Bertz CT molecular complexity index is 1370.